The largest absolute Gasteiger partial charge is 0.277 e. The summed E-state index contributed by atoms with van der Waals surface area (Å²) in [4.78, 5) is 15.5. The number of carbonyl (C=O) groups excluding carboxylic acids is 1. The normalized spacial score (nSPS) is 9.64. The minimum Gasteiger partial charge on any atom is -0.277 e. The van der Waals surface area contributed by atoms with Crippen molar-refractivity contribution < 1.29 is 9.63 Å². The van der Waals surface area contributed by atoms with Gasteiger partial charge in [-0.3, -0.25) is 9.63 Å². The molecule has 1 heterocycles. The van der Waals surface area contributed by atoms with E-state index in [1.165, 1.54) is 18.4 Å². The zero-order valence-electron chi connectivity index (χ0n) is 5.76. The van der Waals surface area contributed by atoms with Gasteiger partial charge in [-0.1, -0.05) is 0 Å². The fourth-order valence-electron chi connectivity index (χ4n) is 0.581. The third kappa shape index (κ3) is 2.42. The lowest BCUT2D eigenvalue weighted by Gasteiger charge is -1.96. The van der Waals surface area contributed by atoms with Crippen LogP contribution in [0.4, 0.5) is 0 Å². The minimum atomic E-state index is -0.202. The Morgan fingerprint density at radius 1 is 1.82 bits per heavy atom. The molecule has 0 spiro atoms. The van der Waals surface area contributed by atoms with E-state index in [-0.39, 0.29) is 5.91 Å². The molecule has 0 aliphatic heterocycles. The Balaban J connectivity index is 2.69. The zero-order chi connectivity index (χ0) is 8.27. The van der Waals surface area contributed by atoms with Gasteiger partial charge in [-0.2, -0.15) is 0 Å². The van der Waals surface area contributed by atoms with E-state index in [4.69, 9.17) is 0 Å². The summed E-state index contributed by atoms with van der Waals surface area (Å²) in [6, 6.07) is 1.81. The number of amides is 1. The third-order valence-corrected chi connectivity index (χ3v) is 2.81. The Hall–Kier alpha value is -0.140. The van der Waals surface area contributed by atoms with Gasteiger partial charge in [0.05, 0.1) is 15.6 Å². The Labute approximate surface area is 81.8 Å². The van der Waals surface area contributed by atoms with E-state index in [9.17, 15) is 4.79 Å². The average Bonchev–Trinajstić information content (AvgIpc) is 2.36. The molecule has 0 saturated carbocycles. The molecule has 0 aliphatic carbocycles. The number of nitrogens with one attached hydrogen (secondary N) is 1. The fraction of sp³-hybridized carbons (Fsp3) is 0.167. The van der Waals surface area contributed by atoms with Crippen molar-refractivity contribution in [3.05, 3.63) is 19.9 Å². The molecule has 0 aliphatic rings. The molecule has 60 valence electrons. The van der Waals surface area contributed by atoms with Gasteiger partial charge < -0.3 is 0 Å². The minimum absolute atomic E-state index is 0.202. The highest BCUT2D eigenvalue weighted by Gasteiger charge is 2.05. The lowest BCUT2D eigenvalue weighted by atomic mass is 10.3. The molecule has 0 atom stereocenters. The predicted molar refractivity (Wildman–Crippen MR) is 51.5 cm³/mol. The van der Waals surface area contributed by atoms with Crippen molar-refractivity contribution in [2.45, 2.75) is 0 Å². The molecular weight excluding hydrogens is 277 g/mol. The van der Waals surface area contributed by atoms with Crippen molar-refractivity contribution in [1.29, 1.82) is 0 Å². The summed E-state index contributed by atoms with van der Waals surface area (Å²) in [6.07, 6.45) is 0. The molecule has 0 fully saturated rings. The first-order chi connectivity index (χ1) is 5.24. The smallest absolute Gasteiger partial charge is 0.275 e. The number of hydroxylamine groups is 1. The van der Waals surface area contributed by atoms with E-state index >= 15 is 0 Å². The summed E-state index contributed by atoms with van der Waals surface area (Å²) in [5.41, 5.74) is 2.88. The van der Waals surface area contributed by atoms with Crippen LogP contribution in [0.25, 0.3) is 0 Å². The second-order valence-electron chi connectivity index (χ2n) is 1.77. The van der Waals surface area contributed by atoms with Crippen molar-refractivity contribution in [3.63, 3.8) is 0 Å². The number of hydrogen-bond donors (Lipinski definition) is 1. The van der Waals surface area contributed by atoms with Gasteiger partial charge >= 0.3 is 0 Å². The van der Waals surface area contributed by atoms with Crippen molar-refractivity contribution in [1.82, 2.24) is 5.48 Å². The second-order valence-corrected chi connectivity index (χ2v) is 4.58. The number of thiophene rings is 1. The molecule has 1 aromatic rings. The summed E-state index contributed by atoms with van der Waals surface area (Å²) < 4.78 is 1.09. The van der Waals surface area contributed by atoms with Crippen LogP contribution < -0.4 is 5.48 Å². The van der Waals surface area contributed by atoms with Crippen molar-refractivity contribution in [2.75, 3.05) is 7.11 Å². The first-order valence-electron chi connectivity index (χ1n) is 2.81. The maximum absolute atomic E-state index is 11.0. The lowest BCUT2D eigenvalue weighted by Crippen LogP contribution is -2.20. The number of rotatable bonds is 2. The summed E-state index contributed by atoms with van der Waals surface area (Å²) >= 11 is 3.69. The van der Waals surface area contributed by atoms with Gasteiger partial charge in [0.1, 0.15) is 0 Å². The average molecular weight is 283 g/mol. The number of hydrogen-bond acceptors (Lipinski definition) is 3. The van der Waals surface area contributed by atoms with E-state index in [0.717, 1.165) is 2.88 Å². The van der Waals surface area contributed by atoms with Crippen LogP contribution in [0.1, 0.15) is 10.4 Å². The molecule has 1 N–H and O–H groups in total. The van der Waals surface area contributed by atoms with Gasteiger partial charge in [-0.15, -0.1) is 11.3 Å². The topological polar surface area (TPSA) is 38.3 Å². The van der Waals surface area contributed by atoms with Gasteiger partial charge in [0.15, 0.2) is 0 Å². The highest BCUT2D eigenvalue weighted by Crippen LogP contribution is 2.16. The summed E-state index contributed by atoms with van der Waals surface area (Å²) in [7, 11) is 1.41. The first kappa shape index (κ1) is 8.95. The highest BCUT2D eigenvalue weighted by atomic mass is 127. The molecule has 5 heteroatoms. The molecule has 0 saturated heterocycles. The monoisotopic (exact) mass is 283 g/mol. The Bertz CT molecular complexity index is 261. The van der Waals surface area contributed by atoms with Gasteiger partial charge in [-0.25, -0.2) is 5.48 Å². The van der Waals surface area contributed by atoms with Gasteiger partial charge in [-0.05, 0) is 28.7 Å². The van der Waals surface area contributed by atoms with Crippen LogP contribution in [0, 0.1) is 2.88 Å². The summed E-state index contributed by atoms with van der Waals surface area (Å²) in [6.45, 7) is 0. The third-order valence-electron chi connectivity index (χ3n) is 1.02. The molecular formula is C6H6INO2S. The van der Waals surface area contributed by atoms with Gasteiger partial charge in [0, 0.05) is 5.38 Å². The molecule has 1 rings (SSSR count). The Morgan fingerprint density at radius 3 is 3.00 bits per heavy atom. The standard InChI is InChI=1S/C6H6INO2S/c1-10-8-6(9)4-2-5(7)11-3-4/h2-3H,1H3,(H,8,9). The van der Waals surface area contributed by atoms with E-state index in [1.54, 1.807) is 11.4 Å². The molecule has 0 radical (unpaired) electrons. The maximum atomic E-state index is 11.0. The fourth-order valence-corrected chi connectivity index (χ4v) is 1.91. The molecule has 0 aromatic carbocycles. The molecule has 11 heavy (non-hydrogen) atoms. The van der Waals surface area contributed by atoms with Gasteiger partial charge in [0.25, 0.3) is 5.91 Å². The van der Waals surface area contributed by atoms with Crippen LogP contribution in [0.15, 0.2) is 11.4 Å². The van der Waals surface area contributed by atoms with Crippen molar-refractivity contribution in [3.8, 4) is 0 Å². The molecule has 0 unspecified atom stereocenters. The van der Waals surface area contributed by atoms with Crippen LogP contribution in [-0.4, -0.2) is 13.0 Å². The van der Waals surface area contributed by atoms with Crippen LogP contribution in [0.5, 0.6) is 0 Å². The van der Waals surface area contributed by atoms with Crippen LogP contribution >= 0.6 is 33.9 Å². The van der Waals surface area contributed by atoms with E-state index in [2.05, 4.69) is 32.9 Å². The van der Waals surface area contributed by atoms with E-state index in [0.29, 0.717) is 5.56 Å². The van der Waals surface area contributed by atoms with Crippen molar-refractivity contribution in [2.24, 2.45) is 0 Å². The number of carbonyl (C=O) groups is 1. The van der Waals surface area contributed by atoms with Crippen molar-refractivity contribution >= 4 is 39.8 Å². The Morgan fingerprint density at radius 2 is 2.55 bits per heavy atom. The van der Waals surface area contributed by atoms with Crippen LogP contribution in [0.3, 0.4) is 0 Å². The number of halogens is 1. The quantitative estimate of drug-likeness (QED) is 0.662. The Kier molecular flexibility index (Phi) is 3.28. The van der Waals surface area contributed by atoms with Crippen LogP contribution in [0.2, 0.25) is 0 Å². The molecule has 1 aromatic heterocycles. The second kappa shape index (κ2) is 4.03. The summed E-state index contributed by atoms with van der Waals surface area (Å²) in [5, 5.41) is 1.79. The van der Waals surface area contributed by atoms with E-state index in [1.807, 2.05) is 0 Å². The molecule has 1 amide bonds. The summed E-state index contributed by atoms with van der Waals surface area (Å²) in [5.74, 6) is -0.202. The first-order valence-corrected chi connectivity index (χ1v) is 4.77. The SMILES string of the molecule is CONC(=O)c1csc(I)c1. The molecule has 0 bridgehead atoms. The van der Waals surface area contributed by atoms with Gasteiger partial charge in [0.2, 0.25) is 0 Å². The predicted octanol–water partition coefficient (Wildman–Crippen LogP) is 1.64. The maximum Gasteiger partial charge on any atom is 0.275 e. The highest BCUT2D eigenvalue weighted by molar-refractivity contribution is 14.1. The van der Waals surface area contributed by atoms with Crippen LogP contribution in [-0.2, 0) is 4.84 Å². The molecule has 3 nitrogen and oxygen atoms in total. The van der Waals surface area contributed by atoms with E-state index < -0.39 is 0 Å². The zero-order valence-corrected chi connectivity index (χ0v) is 8.73. The lowest BCUT2D eigenvalue weighted by molar-refractivity contribution is 0.0538.